The topological polar surface area (TPSA) is 132 Å². The first-order valence-electron chi connectivity index (χ1n) is 16.1. The number of rotatable bonds is 8. The van der Waals surface area contributed by atoms with Crippen molar-refractivity contribution in [2.45, 2.75) is 51.4 Å². The quantitative estimate of drug-likeness (QED) is 0.195. The second kappa shape index (κ2) is 11.2. The van der Waals surface area contributed by atoms with Gasteiger partial charge in [-0.1, -0.05) is 66.6 Å². The fourth-order valence-corrected chi connectivity index (χ4v) is 8.75. The van der Waals surface area contributed by atoms with Crippen LogP contribution in [-0.2, 0) is 24.0 Å². The molecule has 9 nitrogen and oxygen atoms in total. The van der Waals surface area contributed by atoms with Crippen LogP contribution < -0.4 is 4.90 Å². The molecule has 236 valence electrons. The average molecular weight is 621 g/mol. The van der Waals surface area contributed by atoms with Gasteiger partial charge in [-0.25, -0.2) is 4.90 Å². The summed E-state index contributed by atoms with van der Waals surface area (Å²) >= 11 is 0. The number of phenolic OH excluding ortho intramolecular Hbond substituents is 1. The highest BCUT2D eigenvalue weighted by molar-refractivity contribution is 6.24. The van der Waals surface area contributed by atoms with Crippen LogP contribution in [0.15, 0.2) is 78.4 Å². The average Bonchev–Trinajstić information content (AvgIpc) is 3.41. The summed E-state index contributed by atoms with van der Waals surface area (Å²) in [5.41, 5.74) is 1.03. The number of benzene rings is 3. The van der Waals surface area contributed by atoms with Gasteiger partial charge in [0.25, 0.3) is 0 Å². The molecule has 2 N–H and O–H groups in total. The molecular weight excluding hydrogens is 584 g/mol. The minimum Gasteiger partial charge on any atom is -0.507 e. The fraction of sp³-hybridized carbons (Fsp3) is 0.378. The molecule has 2 aliphatic carbocycles. The number of aromatic hydroxyl groups is 1. The Balaban J connectivity index is 1.32. The lowest BCUT2D eigenvalue weighted by atomic mass is 9.51. The number of hydrogen-bond donors (Lipinski definition) is 2. The van der Waals surface area contributed by atoms with Crippen LogP contribution in [0, 0.1) is 29.1 Å². The van der Waals surface area contributed by atoms with E-state index in [1.807, 2.05) is 49.4 Å². The van der Waals surface area contributed by atoms with Gasteiger partial charge in [-0.15, -0.1) is 0 Å². The van der Waals surface area contributed by atoms with Crippen LogP contribution in [0.25, 0.3) is 10.8 Å². The van der Waals surface area contributed by atoms with Crippen molar-refractivity contribution < 1.29 is 34.2 Å². The van der Waals surface area contributed by atoms with Gasteiger partial charge in [-0.05, 0) is 67.7 Å². The molecule has 6 unspecified atom stereocenters. The third kappa shape index (κ3) is 4.39. The number of carboxylic acids is 1. The van der Waals surface area contributed by atoms with E-state index in [2.05, 4.69) is 0 Å². The van der Waals surface area contributed by atoms with Gasteiger partial charge in [0, 0.05) is 24.3 Å². The Morgan fingerprint density at radius 3 is 2.30 bits per heavy atom. The van der Waals surface area contributed by atoms with Gasteiger partial charge in [0.15, 0.2) is 0 Å². The monoisotopic (exact) mass is 620 g/mol. The Bertz CT molecular complexity index is 1820. The maximum Gasteiger partial charge on any atom is 0.303 e. The van der Waals surface area contributed by atoms with Gasteiger partial charge in [0.1, 0.15) is 5.75 Å². The summed E-state index contributed by atoms with van der Waals surface area (Å²) < 4.78 is 0. The molecule has 0 aromatic heterocycles. The first-order valence-corrected chi connectivity index (χ1v) is 16.1. The van der Waals surface area contributed by atoms with Gasteiger partial charge in [-0.2, -0.15) is 0 Å². The van der Waals surface area contributed by atoms with Crippen LogP contribution in [0.1, 0.15) is 56.9 Å². The fourth-order valence-electron chi connectivity index (χ4n) is 8.75. The predicted octanol–water partition coefficient (Wildman–Crippen LogP) is 5.42. The second-order valence-electron chi connectivity index (χ2n) is 13.2. The van der Waals surface area contributed by atoms with E-state index < -0.39 is 41.0 Å². The third-order valence-electron chi connectivity index (χ3n) is 10.9. The number of fused-ring (bicyclic) bond motifs is 5. The molecule has 1 saturated carbocycles. The van der Waals surface area contributed by atoms with Gasteiger partial charge in [0.2, 0.25) is 23.6 Å². The van der Waals surface area contributed by atoms with Crippen LogP contribution in [0.3, 0.4) is 0 Å². The van der Waals surface area contributed by atoms with E-state index in [0.29, 0.717) is 36.8 Å². The van der Waals surface area contributed by atoms with E-state index in [0.717, 1.165) is 16.5 Å². The molecule has 3 aromatic carbocycles. The number of aliphatic carboxylic acids is 1. The van der Waals surface area contributed by atoms with Gasteiger partial charge in [0.05, 0.1) is 28.9 Å². The Morgan fingerprint density at radius 1 is 0.848 bits per heavy atom. The van der Waals surface area contributed by atoms with Crippen molar-refractivity contribution in [2.24, 2.45) is 29.1 Å². The number of hydrogen-bond acceptors (Lipinski definition) is 6. The maximum atomic E-state index is 14.6. The number of allylic oxidation sites excluding steroid dienone is 2. The number of carbonyl (C=O) groups is 5. The lowest BCUT2D eigenvalue weighted by Crippen LogP contribution is -2.49. The van der Waals surface area contributed by atoms with E-state index in [4.69, 9.17) is 5.11 Å². The number of para-hydroxylation sites is 1. The Labute approximate surface area is 266 Å². The van der Waals surface area contributed by atoms with E-state index in [1.165, 1.54) is 9.80 Å². The summed E-state index contributed by atoms with van der Waals surface area (Å²) in [5.74, 6) is -4.74. The van der Waals surface area contributed by atoms with E-state index in [1.54, 1.807) is 30.3 Å². The van der Waals surface area contributed by atoms with Crippen molar-refractivity contribution >= 4 is 46.1 Å². The molecule has 9 heteroatoms. The lowest BCUT2D eigenvalue weighted by Gasteiger charge is -2.49. The van der Waals surface area contributed by atoms with Crippen molar-refractivity contribution in [2.75, 3.05) is 11.4 Å². The summed E-state index contributed by atoms with van der Waals surface area (Å²) in [6.07, 6.45) is 4.30. The van der Waals surface area contributed by atoms with Crippen molar-refractivity contribution in [3.63, 3.8) is 0 Å². The molecule has 6 atom stereocenters. The first kappa shape index (κ1) is 29.9. The first-order chi connectivity index (χ1) is 22.1. The third-order valence-corrected chi connectivity index (χ3v) is 10.9. The summed E-state index contributed by atoms with van der Waals surface area (Å²) in [6.45, 7) is 2.10. The Kier molecular flexibility index (Phi) is 7.30. The zero-order valence-electron chi connectivity index (χ0n) is 25.6. The molecule has 3 aromatic rings. The molecule has 4 aliphatic rings. The largest absolute Gasteiger partial charge is 0.507 e. The maximum absolute atomic E-state index is 14.6. The second-order valence-corrected chi connectivity index (χ2v) is 13.2. The Hall–Kier alpha value is -4.79. The number of likely N-dealkylation sites (tertiary alicyclic amines) is 1. The zero-order chi connectivity index (χ0) is 32.3. The van der Waals surface area contributed by atoms with Crippen LogP contribution in [0.2, 0.25) is 0 Å². The number of nitrogens with zero attached hydrogens (tertiary/aromatic N) is 2. The minimum atomic E-state index is -1.17. The molecule has 3 fully saturated rings. The number of carbonyl (C=O) groups excluding carboxylic acids is 4. The summed E-state index contributed by atoms with van der Waals surface area (Å²) in [5, 5.41) is 21.1. The smallest absolute Gasteiger partial charge is 0.303 e. The molecule has 2 heterocycles. The molecule has 0 radical (unpaired) electrons. The number of carboxylic acid groups (broad SMARTS) is 1. The number of phenols is 1. The van der Waals surface area contributed by atoms with Crippen molar-refractivity contribution in [3.8, 4) is 5.75 Å². The van der Waals surface area contributed by atoms with E-state index in [9.17, 15) is 29.1 Å². The summed E-state index contributed by atoms with van der Waals surface area (Å²) in [7, 11) is 0. The molecule has 4 amide bonds. The number of amides is 4. The van der Waals surface area contributed by atoms with Gasteiger partial charge in [-0.3, -0.25) is 28.9 Å². The number of anilines is 1. The zero-order valence-corrected chi connectivity index (χ0v) is 25.6. The van der Waals surface area contributed by atoms with Crippen LogP contribution in [-0.4, -0.2) is 51.3 Å². The minimum absolute atomic E-state index is 0.0444. The standard InChI is InChI=1S/C37H36N2O7/c1-37-28(34(44)39(36(37)46)21-10-4-2-5-11-21)20-27-25(32(37)24-17-18-29(40)23-13-8-7-12-22(23)24)15-16-26-31(27)35(45)38(33(26)43)19-9-3-6-14-30(41)42/h2,4-5,7-8,10-13,15,17-18,26-28,31-32,40H,3,6,9,14,16,19-20H2,1H3,(H,41,42). The predicted molar refractivity (Wildman–Crippen MR) is 169 cm³/mol. The number of imide groups is 2. The van der Waals surface area contributed by atoms with E-state index >= 15 is 0 Å². The molecular formula is C37H36N2O7. The lowest BCUT2D eigenvalue weighted by molar-refractivity contribution is -0.141. The van der Waals surface area contributed by atoms with Crippen LogP contribution in [0.5, 0.6) is 5.75 Å². The van der Waals surface area contributed by atoms with Crippen molar-refractivity contribution in [1.29, 1.82) is 0 Å². The molecule has 0 spiro atoms. The molecule has 0 bridgehead atoms. The highest BCUT2D eigenvalue weighted by atomic mass is 16.4. The molecule has 7 rings (SSSR count). The highest BCUT2D eigenvalue weighted by Gasteiger charge is 2.67. The number of unbranched alkanes of at least 4 members (excludes halogenated alkanes) is 2. The summed E-state index contributed by atoms with van der Waals surface area (Å²) in [4.78, 5) is 70.2. The highest BCUT2D eigenvalue weighted by Crippen LogP contribution is 2.64. The van der Waals surface area contributed by atoms with Gasteiger partial charge >= 0.3 is 5.97 Å². The van der Waals surface area contributed by atoms with E-state index in [-0.39, 0.29) is 48.8 Å². The van der Waals surface area contributed by atoms with Gasteiger partial charge < -0.3 is 10.2 Å². The van der Waals surface area contributed by atoms with Crippen molar-refractivity contribution in [1.82, 2.24) is 4.90 Å². The van der Waals surface area contributed by atoms with Crippen LogP contribution >= 0.6 is 0 Å². The molecule has 46 heavy (non-hydrogen) atoms. The normalized spacial score (nSPS) is 28.7. The SMILES string of the molecule is CC12C(=O)N(c3ccccc3)C(=O)C1CC1C(=CCC3C(=O)N(CCCCCC(=O)O)C(=O)C31)C2c1ccc(O)c2ccccc12. The van der Waals surface area contributed by atoms with Crippen LogP contribution in [0.4, 0.5) is 5.69 Å². The summed E-state index contributed by atoms with van der Waals surface area (Å²) in [6, 6.07) is 19.8. The van der Waals surface area contributed by atoms with Crippen molar-refractivity contribution in [3.05, 3.63) is 83.9 Å². The Morgan fingerprint density at radius 2 is 1.57 bits per heavy atom. The molecule has 2 saturated heterocycles. The molecule has 2 aliphatic heterocycles.